The molecule has 1 aliphatic rings. The lowest BCUT2D eigenvalue weighted by Gasteiger charge is -2.52. The highest BCUT2D eigenvalue weighted by atomic mass is 16.7. The number of ether oxygens (including phenoxy) is 3. The lowest BCUT2D eigenvalue weighted by molar-refractivity contribution is -0.359. The third-order valence-electron chi connectivity index (χ3n) is 6.45. The van der Waals surface area contributed by atoms with Gasteiger partial charge in [0.25, 0.3) is 0 Å². The number of hydrogen-bond acceptors (Lipinski definition) is 8. The van der Waals surface area contributed by atoms with Crippen molar-refractivity contribution in [2.45, 2.75) is 83.1 Å². The van der Waals surface area contributed by atoms with Gasteiger partial charge >= 0.3 is 0 Å². The number of rotatable bonds is 12. The summed E-state index contributed by atoms with van der Waals surface area (Å²) in [6.45, 7) is 4.56. The molecule has 0 aromatic heterocycles. The maximum Gasteiger partial charge on any atom is 0.187 e. The summed E-state index contributed by atoms with van der Waals surface area (Å²) >= 11 is 0. The van der Waals surface area contributed by atoms with E-state index in [-0.39, 0.29) is 31.8 Å². The van der Waals surface area contributed by atoms with Gasteiger partial charge in [0.2, 0.25) is 0 Å². The molecule has 3 rings (SSSR count). The van der Waals surface area contributed by atoms with E-state index < -0.39 is 48.0 Å². The summed E-state index contributed by atoms with van der Waals surface area (Å²) in [6, 6.07) is 18.3. The molecule has 2 aromatic carbocycles. The SMILES string of the molecule is [2H][C@]1(O)O[C@H](C(O)C(=O)CCC(C)=O)[C@H](OCc2ccccc2)[C@H](OCc2ccccc2)[C@]1(O)C(C)C. The molecule has 8 nitrogen and oxygen atoms in total. The molecule has 196 valence electrons. The first-order valence-corrected chi connectivity index (χ1v) is 12.1. The van der Waals surface area contributed by atoms with Crippen LogP contribution in [-0.2, 0) is 37.0 Å². The van der Waals surface area contributed by atoms with Crippen molar-refractivity contribution >= 4 is 11.6 Å². The van der Waals surface area contributed by atoms with Crippen molar-refractivity contribution in [1.82, 2.24) is 0 Å². The zero-order valence-electron chi connectivity index (χ0n) is 21.9. The van der Waals surface area contributed by atoms with E-state index in [1.165, 1.54) is 6.92 Å². The summed E-state index contributed by atoms with van der Waals surface area (Å²) in [6.07, 6.45) is -9.27. The van der Waals surface area contributed by atoms with Crippen molar-refractivity contribution in [2.75, 3.05) is 0 Å². The Morgan fingerprint density at radius 2 is 1.53 bits per heavy atom. The van der Waals surface area contributed by atoms with Crippen LogP contribution in [0.1, 0.15) is 46.1 Å². The van der Waals surface area contributed by atoms with Crippen molar-refractivity contribution in [3.05, 3.63) is 71.8 Å². The maximum atomic E-state index is 12.8. The smallest absolute Gasteiger partial charge is 0.187 e. The number of aliphatic hydroxyl groups is 3. The monoisotopic (exact) mass is 501 g/mol. The first kappa shape index (κ1) is 26.6. The van der Waals surface area contributed by atoms with Crippen LogP contribution < -0.4 is 0 Å². The van der Waals surface area contributed by atoms with Crippen LogP contribution >= 0.6 is 0 Å². The van der Waals surface area contributed by atoms with E-state index in [0.717, 1.165) is 11.1 Å². The van der Waals surface area contributed by atoms with Crippen molar-refractivity contribution in [2.24, 2.45) is 5.92 Å². The van der Waals surface area contributed by atoms with Gasteiger partial charge in [-0.2, -0.15) is 0 Å². The summed E-state index contributed by atoms with van der Waals surface area (Å²) in [5.41, 5.74) is -0.743. The second-order valence-electron chi connectivity index (χ2n) is 9.46. The fourth-order valence-electron chi connectivity index (χ4n) is 4.22. The standard InChI is InChI=1S/C28H36O8/c1-18(2)28(33)26(35-17-21-12-8-5-9-13-21)25(34-16-20-10-6-4-7-11-20)24(36-27(28)32)23(31)22(30)15-14-19(3)29/h4-13,18,23-27,31-33H,14-17H2,1-3H3/t23?,24-,25+,26+,27+,28-/m1/s1/i27D. The van der Waals surface area contributed by atoms with E-state index >= 15 is 0 Å². The molecule has 0 bridgehead atoms. The Labute approximate surface area is 213 Å². The van der Waals surface area contributed by atoms with Gasteiger partial charge in [0, 0.05) is 12.8 Å². The van der Waals surface area contributed by atoms with E-state index in [9.17, 15) is 24.9 Å². The lowest BCUT2D eigenvalue weighted by atomic mass is 9.77. The van der Waals surface area contributed by atoms with E-state index in [4.69, 9.17) is 15.6 Å². The zero-order chi connectivity index (χ0) is 27.2. The third-order valence-corrected chi connectivity index (χ3v) is 6.45. The molecule has 0 aliphatic carbocycles. The van der Waals surface area contributed by atoms with Crippen LogP contribution in [-0.4, -0.2) is 63.2 Å². The molecule has 6 atom stereocenters. The molecule has 8 heteroatoms. The molecule has 2 aromatic rings. The van der Waals surface area contributed by atoms with Gasteiger partial charge in [0.1, 0.15) is 35.8 Å². The van der Waals surface area contributed by atoms with Gasteiger partial charge in [0.15, 0.2) is 12.0 Å². The first-order chi connectivity index (χ1) is 17.5. The van der Waals surface area contributed by atoms with Gasteiger partial charge in [-0.25, -0.2) is 0 Å². The number of benzene rings is 2. The van der Waals surface area contributed by atoms with Gasteiger partial charge in [-0.1, -0.05) is 74.5 Å². The largest absolute Gasteiger partial charge is 0.382 e. The number of aliphatic hydroxyl groups excluding tert-OH is 1. The molecule has 0 amide bonds. The Morgan fingerprint density at radius 3 is 2.03 bits per heavy atom. The second-order valence-corrected chi connectivity index (χ2v) is 9.46. The van der Waals surface area contributed by atoms with Crippen molar-refractivity contribution in [3.63, 3.8) is 0 Å². The van der Waals surface area contributed by atoms with Crippen molar-refractivity contribution in [1.29, 1.82) is 0 Å². The molecular formula is C28H36O8. The quantitative estimate of drug-likeness (QED) is 0.406. The summed E-state index contributed by atoms with van der Waals surface area (Å²) in [5.74, 6) is -1.68. The Bertz CT molecular complexity index is 1030. The molecular weight excluding hydrogens is 464 g/mol. The molecule has 1 aliphatic heterocycles. The van der Waals surface area contributed by atoms with E-state index in [0.29, 0.717) is 0 Å². The van der Waals surface area contributed by atoms with Crippen LogP contribution in [0.4, 0.5) is 0 Å². The zero-order valence-corrected chi connectivity index (χ0v) is 20.9. The predicted molar refractivity (Wildman–Crippen MR) is 132 cm³/mol. The van der Waals surface area contributed by atoms with E-state index in [1.807, 2.05) is 60.7 Å². The number of hydrogen-bond donors (Lipinski definition) is 3. The van der Waals surface area contributed by atoms with Crippen LogP contribution in [0.25, 0.3) is 0 Å². The summed E-state index contributed by atoms with van der Waals surface area (Å²) in [5, 5.41) is 33.7. The van der Waals surface area contributed by atoms with Gasteiger partial charge < -0.3 is 34.3 Å². The fraction of sp³-hybridized carbons (Fsp3) is 0.500. The van der Waals surface area contributed by atoms with Crippen molar-refractivity contribution in [3.8, 4) is 0 Å². The average molecular weight is 502 g/mol. The molecule has 36 heavy (non-hydrogen) atoms. The maximum absolute atomic E-state index is 12.8. The van der Waals surface area contributed by atoms with Crippen LogP contribution in [0, 0.1) is 5.92 Å². The summed E-state index contributed by atoms with van der Waals surface area (Å²) < 4.78 is 26.3. The Balaban J connectivity index is 2.00. The van der Waals surface area contributed by atoms with E-state index in [2.05, 4.69) is 0 Å². The molecule has 1 heterocycles. The topological polar surface area (TPSA) is 123 Å². The van der Waals surface area contributed by atoms with Crippen LogP contribution in [0.3, 0.4) is 0 Å². The predicted octanol–water partition coefficient (Wildman–Crippen LogP) is 2.56. The Hall–Kier alpha value is -2.46. The normalized spacial score (nSPS) is 29.5. The van der Waals surface area contributed by atoms with E-state index in [1.54, 1.807) is 13.8 Å². The highest BCUT2D eigenvalue weighted by Crippen LogP contribution is 2.39. The second kappa shape index (κ2) is 12.7. The van der Waals surface area contributed by atoms with Gasteiger partial charge in [-0.05, 0) is 24.0 Å². The Morgan fingerprint density at radius 1 is 1.00 bits per heavy atom. The summed E-state index contributed by atoms with van der Waals surface area (Å²) in [7, 11) is 0. The minimum atomic E-state index is -2.94. The minimum absolute atomic E-state index is 0.00289. The van der Waals surface area contributed by atoms with Gasteiger partial charge in [0.05, 0.1) is 14.6 Å². The van der Waals surface area contributed by atoms with Crippen LogP contribution in [0.5, 0.6) is 0 Å². The molecule has 0 spiro atoms. The van der Waals surface area contributed by atoms with Crippen LogP contribution in [0.15, 0.2) is 60.7 Å². The van der Waals surface area contributed by atoms with Crippen LogP contribution in [0.2, 0.25) is 0 Å². The molecule has 0 saturated carbocycles. The third kappa shape index (κ3) is 6.64. The lowest BCUT2D eigenvalue weighted by Crippen LogP contribution is -2.71. The molecule has 1 unspecified atom stereocenters. The van der Waals surface area contributed by atoms with Crippen molar-refractivity contribution < 1.29 is 40.5 Å². The average Bonchev–Trinajstić information content (AvgIpc) is 2.87. The minimum Gasteiger partial charge on any atom is -0.382 e. The molecule has 0 radical (unpaired) electrons. The number of carbonyl (C=O) groups excluding carboxylic acids is 2. The fourth-order valence-corrected chi connectivity index (χ4v) is 4.22. The first-order valence-electron chi connectivity index (χ1n) is 12.6. The number of ketones is 2. The van der Waals surface area contributed by atoms with Gasteiger partial charge in [-0.15, -0.1) is 0 Å². The highest BCUT2D eigenvalue weighted by Gasteiger charge is 2.60. The number of Topliss-reactive ketones (excluding diaryl/α,β-unsaturated/α-hetero) is 2. The molecule has 1 fully saturated rings. The Kier molecular flexibility index (Phi) is 9.36. The highest BCUT2D eigenvalue weighted by molar-refractivity contribution is 5.88. The molecule has 1 saturated heterocycles. The summed E-state index contributed by atoms with van der Waals surface area (Å²) in [4.78, 5) is 24.2. The van der Waals surface area contributed by atoms with Gasteiger partial charge in [-0.3, -0.25) is 4.79 Å². The number of carbonyl (C=O) groups is 2. The molecule has 3 N–H and O–H groups in total.